The summed E-state index contributed by atoms with van der Waals surface area (Å²) < 4.78 is 27.6. The zero-order valence-corrected chi connectivity index (χ0v) is 18.6. The average molecular weight is 462 g/mol. The SMILES string of the molecule is O=P1(c2ccccc2)C(c2cccc3c2OCO3)Nc2nc(SCc3ccccc3)nn21. The molecular weight excluding hydrogens is 443 g/mol. The molecule has 2 aliphatic heterocycles. The molecule has 7 nitrogen and oxygen atoms in total. The Balaban J connectivity index is 1.41. The van der Waals surface area contributed by atoms with Gasteiger partial charge in [0.05, 0.1) is 0 Å². The first kappa shape index (κ1) is 19.5. The fourth-order valence-corrected chi connectivity index (χ4v) is 7.67. The highest BCUT2D eigenvalue weighted by molar-refractivity contribution is 7.98. The van der Waals surface area contributed by atoms with Gasteiger partial charge in [0.1, 0.15) is 5.78 Å². The minimum atomic E-state index is -3.27. The fourth-order valence-electron chi connectivity index (χ4n) is 4.02. The van der Waals surface area contributed by atoms with Gasteiger partial charge in [0.2, 0.25) is 25.2 Å². The van der Waals surface area contributed by atoms with E-state index in [1.807, 2.05) is 66.7 Å². The molecule has 3 aromatic carbocycles. The van der Waals surface area contributed by atoms with Gasteiger partial charge in [0.25, 0.3) is 0 Å². The molecule has 0 amide bonds. The van der Waals surface area contributed by atoms with E-state index in [0.717, 1.165) is 11.3 Å². The van der Waals surface area contributed by atoms with Gasteiger partial charge in [-0.05, 0) is 23.8 Å². The third kappa shape index (κ3) is 3.10. The Morgan fingerprint density at radius 2 is 1.78 bits per heavy atom. The molecular formula is C23H19N4O3PS. The molecule has 0 spiro atoms. The summed E-state index contributed by atoms with van der Waals surface area (Å²) in [4.78, 5) is 4.66. The van der Waals surface area contributed by atoms with Crippen molar-refractivity contribution in [3.63, 3.8) is 0 Å². The van der Waals surface area contributed by atoms with E-state index in [2.05, 4.69) is 27.5 Å². The molecule has 2 unspecified atom stereocenters. The van der Waals surface area contributed by atoms with Crippen LogP contribution in [0.3, 0.4) is 0 Å². The largest absolute Gasteiger partial charge is 0.454 e. The summed E-state index contributed by atoms with van der Waals surface area (Å²) in [6.45, 7) is 0.151. The van der Waals surface area contributed by atoms with Crippen LogP contribution < -0.4 is 20.1 Å². The quantitative estimate of drug-likeness (QED) is 0.335. The maximum Gasteiger partial charge on any atom is 0.249 e. The Bertz CT molecular complexity index is 1330. The second kappa shape index (κ2) is 7.73. The third-order valence-electron chi connectivity index (χ3n) is 5.53. The zero-order chi connectivity index (χ0) is 21.5. The van der Waals surface area contributed by atoms with Gasteiger partial charge in [0, 0.05) is 16.6 Å². The number of benzene rings is 3. The van der Waals surface area contributed by atoms with Crippen molar-refractivity contribution < 1.29 is 14.0 Å². The Kier molecular flexibility index (Phi) is 4.70. The van der Waals surface area contributed by atoms with Gasteiger partial charge in [0.15, 0.2) is 11.5 Å². The van der Waals surface area contributed by atoms with Gasteiger partial charge in [-0.2, -0.15) is 9.44 Å². The lowest BCUT2D eigenvalue weighted by Crippen LogP contribution is -2.16. The number of ether oxygens (including phenoxy) is 2. The second-order valence-corrected chi connectivity index (χ2v) is 11.1. The Labute approximate surface area is 189 Å². The van der Waals surface area contributed by atoms with Gasteiger partial charge in [-0.1, -0.05) is 72.4 Å². The van der Waals surface area contributed by atoms with Crippen LogP contribution in [0.1, 0.15) is 16.9 Å². The smallest absolute Gasteiger partial charge is 0.249 e. The highest BCUT2D eigenvalue weighted by atomic mass is 32.2. The average Bonchev–Trinajstić information content (AvgIpc) is 3.54. The lowest BCUT2D eigenvalue weighted by Gasteiger charge is -2.22. The van der Waals surface area contributed by atoms with E-state index in [4.69, 9.17) is 9.47 Å². The van der Waals surface area contributed by atoms with E-state index in [1.54, 1.807) is 4.45 Å². The van der Waals surface area contributed by atoms with Crippen LogP contribution in [0.5, 0.6) is 11.5 Å². The molecule has 1 N–H and O–H groups in total. The van der Waals surface area contributed by atoms with E-state index >= 15 is 0 Å². The van der Waals surface area contributed by atoms with Gasteiger partial charge in [-0.15, -0.1) is 5.10 Å². The topological polar surface area (TPSA) is 78.3 Å². The number of nitrogens with zero attached hydrogens (tertiary/aromatic N) is 3. The molecule has 160 valence electrons. The lowest BCUT2D eigenvalue weighted by molar-refractivity contribution is 0.173. The highest BCUT2D eigenvalue weighted by Crippen LogP contribution is 2.65. The molecule has 2 aliphatic rings. The molecule has 1 aromatic heterocycles. The summed E-state index contributed by atoms with van der Waals surface area (Å²) >= 11 is 1.52. The number of nitrogens with one attached hydrogen (secondary N) is 1. The zero-order valence-electron chi connectivity index (χ0n) is 16.9. The predicted molar refractivity (Wildman–Crippen MR) is 124 cm³/mol. The van der Waals surface area contributed by atoms with E-state index in [-0.39, 0.29) is 6.79 Å². The van der Waals surface area contributed by atoms with Gasteiger partial charge >= 0.3 is 0 Å². The molecule has 2 atom stereocenters. The maximum absolute atomic E-state index is 14.7. The van der Waals surface area contributed by atoms with Crippen LogP contribution in [0, 0.1) is 0 Å². The number of thioether (sulfide) groups is 1. The molecule has 3 heterocycles. The van der Waals surface area contributed by atoms with Crippen LogP contribution in [0.2, 0.25) is 0 Å². The number of rotatable bonds is 5. The highest BCUT2D eigenvalue weighted by Gasteiger charge is 2.49. The molecule has 0 fully saturated rings. The van der Waals surface area contributed by atoms with E-state index in [9.17, 15) is 4.57 Å². The Morgan fingerprint density at radius 1 is 1.00 bits per heavy atom. The summed E-state index contributed by atoms with van der Waals surface area (Å²) in [7, 11) is -3.27. The van der Waals surface area contributed by atoms with Crippen molar-refractivity contribution in [3.8, 4) is 11.5 Å². The second-order valence-electron chi connectivity index (χ2n) is 7.47. The predicted octanol–water partition coefficient (Wildman–Crippen LogP) is 4.88. The molecule has 6 rings (SSSR count). The maximum atomic E-state index is 14.7. The van der Waals surface area contributed by atoms with Crippen LogP contribution >= 0.6 is 19.1 Å². The summed E-state index contributed by atoms with van der Waals surface area (Å²) in [5.74, 6) is 1.95. The Morgan fingerprint density at radius 3 is 2.59 bits per heavy atom. The molecule has 0 bridgehead atoms. The molecule has 9 heteroatoms. The van der Waals surface area contributed by atoms with Crippen molar-refractivity contribution in [2.24, 2.45) is 0 Å². The summed E-state index contributed by atoms with van der Waals surface area (Å²) in [5, 5.41) is 9.33. The number of para-hydroxylation sites is 1. The molecule has 0 saturated carbocycles. The summed E-state index contributed by atoms with van der Waals surface area (Å²) in [5.41, 5.74) is 1.96. The van der Waals surface area contributed by atoms with Gasteiger partial charge in [-0.3, -0.25) is 4.57 Å². The molecule has 0 saturated heterocycles. The van der Waals surface area contributed by atoms with Crippen LogP contribution in [0.4, 0.5) is 5.95 Å². The minimum Gasteiger partial charge on any atom is -0.454 e. The fraction of sp³-hybridized carbons (Fsp3) is 0.130. The Hall–Kier alpha value is -3.22. The van der Waals surface area contributed by atoms with Crippen molar-refractivity contribution in [2.45, 2.75) is 16.7 Å². The first-order valence-electron chi connectivity index (χ1n) is 10.2. The van der Waals surface area contributed by atoms with Crippen molar-refractivity contribution in [1.82, 2.24) is 14.5 Å². The van der Waals surface area contributed by atoms with E-state index < -0.39 is 13.1 Å². The number of hydrogen-bond donors (Lipinski definition) is 1. The van der Waals surface area contributed by atoms with Crippen LogP contribution in [-0.4, -0.2) is 21.3 Å². The number of aromatic nitrogens is 3. The van der Waals surface area contributed by atoms with Crippen LogP contribution in [-0.2, 0) is 10.3 Å². The van der Waals surface area contributed by atoms with E-state index in [0.29, 0.717) is 27.9 Å². The van der Waals surface area contributed by atoms with E-state index in [1.165, 1.54) is 17.3 Å². The minimum absolute atomic E-state index is 0.151. The van der Waals surface area contributed by atoms with Gasteiger partial charge < -0.3 is 14.8 Å². The molecule has 32 heavy (non-hydrogen) atoms. The monoisotopic (exact) mass is 462 g/mol. The van der Waals surface area contributed by atoms with Crippen molar-refractivity contribution in [1.29, 1.82) is 0 Å². The molecule has 0 radical (unpaired) electrons. The third-order valence-corrected chi connectivity index (χ3v) is 9.42. The van der Waals surface area contributed by atoms with Crippen LogP contribution in [0.25, 0.3) is 0 Å². The summed E-state index contributed by atoms with van der Waals surface area (Å²) in [6.07, 6.45) is 0. The number of fused-ring (bicyclic) bond motifs is 2. The molecule has 0 aliphatic carbocycles. The molecule has 4 aromatic rings. The van der Waals surface area contributed by atoms with Gasteiger partial charge in [-0.25, -0.2) is 0 Å². The van der Waals surface area contributed by atoms with Crippen LogP contribution in [0.15, 0.2) is 84.0 Å². The number of anilines is 1. The normalized spacial score (nSPS) is 20.7. The standard InChI is InChI=1S/C23H19N4O3PS/c28-31(17-10-5-2-6-11-17)21(18-12-7-13-19-20(18)30-15-29-19)24-22-25-23(26-27(22)31)32-14-16-8-3-1-4-9-16/h1-13,21H,14-15H2,(H,24,25,26). The number of hydrogen-bond acceptors (Lipinski definition) is 7. The summed E-state index contributed by atoms with van der Waals surface area (Å²) in [6, 6.07) is 25.2. The first-order chi connectivity index (χ1) is 15.7. The lowest BCUT2D eigenvalue weighted by atomic mass is 10.2. The van der Waals surface area contributed by atoms with Crippen molar-refractivity contribution >= 4 is 30.3 Å². The van der Waals surface area contributed by atoms with Crippen molar-refractivity contribution in [2.75, 3.05) is 12.1 Å². The van der Waals surface area contributed by atoms with Crippen molar-refractivity contribution in [3.05, 3.63) is 90.0 Å². The first-order valence-corrected chi connectivity index (χ1v) is 12.9.